The van der Waals surface area contributed by atoms with Crippen LogP contribution in [0.2, 0.25) is 0 Å². The number of carbonyl (C=O) groups excluding carboxylic acids is 2. The summed E-state index contributed by atoms with van der Waals surface area (Å²) in [6.07, 6.45) is 6.09. The number of hydrogen-bond donors (Lipinski definition) is 3. The first kappa shape index (κ1) is 28.5. The lowest BCUT2D eigenvalue weighted by atomic mass is 9.72. The van der Waals surface area contributed by atoms with Gasteiger partial charge in [0.05, 0.1) is 10.4 Å². The number of aromatic nitrogens is 2. The molecule has 0 spiro atoms. The highest BCUT2D eigenvalue weighted by molar-refractivity contribution is 7.16. The lowest BCUT2D eigenvalue weighted by Crippen LogP contribution is -2.47. The molecule has 2 aromatic rings. The molecule has 1 saturated heterocycles. The number of nitrogens with zero attached hydrogens (tertiary/aromatic N) is 5. The smallest absolute Gasteiger partial charge is 0.410 e. The number of aryl methyl sites for hydroxylation is 1. The van der Waals surface area contributed by atoms with Crippen molar-refractivity contribution >= 4 is 46.3 Å². The maximum absolute atomic E-state index is 13.6. The van der Waals surface area contributed by atoms with Gasteiger partial charge in [-0.3, -0.25) is 15.2 Å². The van der Waals surface area contributed by atoms with Crippen molar-refractivity contribution in [1.82, 2.24) is 20.2 Å². The number of thiophene rings is 1. The van der Waals surface area contributed by atoms with Gasteiger partial charge in [-0.2, -0.15) is 0 Å². The standard InChI is InChI=1S/C27H38N8O3S/c1-26(2,3)38-25(37)35-13-7-12-34(14-15-35)24-31-11-9-18(32-24)21(28)33-23(36)27(4)10-6-8-19-20(27)17(16-30-5)22(29)39-19/h9,11,16H,6-8,10,12-15,29H2,1-5H3,(H2,28,33,36)/t27-/m0/s1. The van der Waals surface area contributed by atoms with Crippen LogP contribution in [0, 0.1) is 5.41 Å². The van der Waals surface area contributed by atoms with E-state index in [-0.39, 0.29) is 17.8 Å². The molecule has 2 aromatic heterocycles. The zero-order chi connectivity index (χ0) is 28.4. The summed E-state index contributed by atoms with van der Waals surface area (Å²) in [5.74, 6) is 0.104. The Kier molecular flexibility index (Phi) is 8.24. The largest absolute Gasteiger partial charge is 0.444 e. The second-order valence-corrected chi connectivity index (χ2v) is 12.3. The lowest BCUT2D eigenvalue weighted by Gasteiger charge is -2.33. The number of carbonyl (C=O) groups is 2. The summed E-state index contributed by atoms with van der Waals surface area (Å²) in [6, 6.07) is 1.61. The molecular weight excluding hydrogens is 516 g/mol. The fourth-order valence-corrected chi connectivity index (χ4v) is 6.30. The first-order chi connectivity index (χ1) is 18.4. The van der Waals surface area contributed by atoms with Crippen LogP contribution in [0.4, 0.5) is 15.7 Å². The zero-order valence-corrected chi connectivity index (χ0v) is 24.2. The number of rotatable bonds is 4. The van der Waals surface area contributed by atoms with Crippen molar-refractivity contribution in [1.29, 1.82) is 5.41 Å². The highest BCUT2D eigenvalue weighted by atomic mass is 32.1. The van der Waals surface area contributed by atoms with Crippen molar-refractivity contribution in [3.63, 3.8) is 0 Å². The minimum absolute atomic E-state index is 0.0869. The molecule has 1 aliphatic heterocycles. The Morgan fingerprint density at radius 2 is 2.03 bits per heavy atom. The third-order valence-corrected chi connectivity index (χ3v) is 8.10. The Labute approximate surface area is 233 Å². The van der Waals surface area contributed by atoms with Crippen LogP contribution >= 0.6 is 11.3 Å². The van der Waals surface area contributed by atoms with E-state index in [1.807, 2.05) is 32.6 Å². The van der Waals surface area contributed by atoms with Gasteiger partial charge in [0.15, 0.2) is 5.84 Å². The molecule has 1 aliphatic carbocycles. The summed E-state index contributed by atoms with van der Waals surface area (Å²) >= 11 is 1.51. The van der Waals surface area contributed by atoms with Crippen LogP contribution in [-0.2, 0) is 21.4 Å². The molecular formula is C27H38N8O3S. The van der Waals surface area contributed by atoms with Gasteiger partial charge < -0.3 is 25.6 Å². The molecule has 12 heteroatoms. The van der Waals surface area contributed by atoms with E-state index >= 15 is 0 Å². The first-order valence-electron chi connectivity index (χ1n) is 13.2. The molecule has 4 rings (SSSR count). The fourth-order valence-electron chi connectivity index (χ4n) is 5.09. The maximum Gasteiger partial charge on any atom is 0.410 e. The third kappa shape index (κ3) is 6.21. The minimum atomic E-state index is -0.837. The fraction of sp³-hybridized carbons (Fsp3) is 0.556. The molecule has 11 nitrogen and oxygen atoms in total. The van der Waals surface area contributed by atoms with Crippen LogP contribution < -0.4 is 16.0 Å². The number of ether oxygens (including phenoxy) is 1. The summed E-state index contributed by atoms with van der Waals surface area (Å²) < 4.78 is 5.52. The lowest BCUT2D eigenvalue weighted by molar-refractivity contribution is -0.125. The van der Waals surface area contributed by atoms with E-state index in [1.165, 1.54) is 11.3 Å². The first-order valence-corrected chi connectivity index (χ1v) is 14.0. The van der Waals surface area contributed by atoms with Gasteiger partial charge in [0.1, 0.15) is 11.3 Å². The van der Waals surface area contributed by atoms with E-state index < -0.39 is 11.0 Å². The van der Waals surface area contributed by atoms with E-state index in [0.29, 0.717) is 49.2 Å². The zero-order valence-electron chi connectivity index (χ0n) is 23.3. The molecule has 210 valence electrons. The van der Waals surface area contributed by atoms with Gasteiger partial charge >= 0.3 is 6.09 Å². The van der Waals surface area contributed by atoms with E-state index in [2.05, 4.69) is 20.3 Å². The van der Waals surface area contributed by atoms with Crippen LogP contribution in [0.3, 0.4) is 0 Å². The number of hydrogen-bond acceptors (Lipinski definition) is 10. The average molecular weight is 555 g/mol. The molecule has 2 amide bonds. The number of nitrogen functional groups attached to an aromatic ring is 1. The number of fused-ring (bicyclic) bond motifs is 1. The number of nitrogens with one attached hydrogen (secondary N) is 2. The van der Waals surface area contributed by atoms with Crippen LogP contribution in [0.1, 0.15) is 68.7 Å². The van der Waals surface area contributed by atoms with E-state index in [1.54, 1.807) is 30.4 Å². The van der Waals surface area contributed by atoms with Crippen molar-refractivity contribution < 1.29 is 14.3 Å². The summed E-state index contributed by atoms with van der Waals surface area (Å²) in [4.78, 5) is 44.1. The Morgan fingerprint density at radius 3 is 2.74 bits per heavy atom. The molecule has 1 fully saturated rings. The number of nitrogens with two attached hydrogens (primary N) is 1. The minimum Gasteiger partial charge on any atom is -0.444 e. The predicted molar refractivity (Wildman–Crippen MR) is 154 cm³/mol. The Morgan fingerprint density at radius 1 is 1.26 bits per heavy atom. The summed E-state index contributed by atoms with van der Waals surface area (Å²) in [6.45, 7) is 9.71. The van der Waals surface area contributed by atoms with Gasteiger partial charge in [-0.05, 0) is 65.0 Å². The second-order valence-electron chi connectivity index (χ2n) is 11.1. The Balaban J connectivity index is 1.47. The number of amides is 2. The van der Waals surface area contributed by atoms with Crippen molar-refractivity contribution in [3.05, 3.63) is 34.0 Å². The summed E-state index contributed by atoms with van der Waals surface area (Å²) in [5.41, 5.74) is 6.92. The number of aliphatic imine (C=N–C) groups is 1. The van der Waals surface area contributed by atoms with Gasteiger partial charge in [0.25, 0.3) is 0 Å². The highest BCUT2D eigenvalue weighted by Crippen LogP contribution is 2.45. The van der Waals surface area contributed by atoms with E-state index in [4.69, 9.17) is 15.9 Å². The summed E-state index contributed by atoms with van der Waals surface area (Å²) in [7, 11) is 1.69. The average Bonchev–Trinajstić information content (AvgIpc) is 3.04. The molecule has 0 bridgehead atoms. The molecule has 0 saturated carbocycles. The molecule has 0 radical (unpaired) electrons. The third-order valence-electron chi connectivity index (χ3n) is 7.01. The van der Waals surface area contributed by atoms with Crippen LogP contribution in [-0.4, -0.2) is 77.7 Å². The molecule has 39 heavy (non-hydrogen) atoms. The Bertz CT molecular complexity index is 1280. The number of anilines is 2. The molecule has 1 atom stereocenters. The van der Waals surface area contributed by atoms with Crippen LogP contribution in [0.25, 0.3) is 0 Å². The van der Waals surface area contributed by atoms with Gasteiger partial charge in [-0.1, -0.05) is 0 Å². The molecule has 4 N–H and O–H groups in total. The Hall–Kier alpha value is -3.54. The highest BCUT2D eigenvalue weighted by Gasteiger charge is 2.43. The summed E-state index contributed by atoms with van der Waals surface area (Å²) in [5, 5.41) is 12.1. The quantitative estimate of drug-likeness (QED) is 0.387. The van der Waals surface area contributed by atoms with Crippen LogP contribution in [0.5, 0.6) is 0 Å². The van der Waals surface area contributed by atoms with E-state index in [0.717, 1.165) is 35.3 Å². The van der Waals surface area contributed by atoms with Crippen molar-refractivity contribution in [3.8, 4) is 0 Å². The monoisotopic (exact) mass is 554 g/mol. The van der Waals surface area contributed by atoms with Gasteiger partial charge in [-0.25, -0.2) is 14.8 Å². The van der Waals surface area contributed by atoms with Crippen molar-refractivity contribution in [2.45, 2.75) is 64.4 Å². The van der Waals surface area contributed by atoms with Crippen molar-refractivity contribution in [2.24, 2.45) is 4.99 Å². The molecule has 0 unspecified atom stereocenters. The molecule has 0 aromatic carbocycles. The SMILES string of the molecule is CN=Cc1c(N)sc2c1[C@@](C)(C(=O)NC(=N)c1ccnc(N3CCCN(C(=O)OC(C)(C)C)CC3)n1)CCC2. The van der Waals surface area contributed by atoms with Gasteiger partial charge in [0, 0.05) is 56.1 Å². The van der Waals surface area contributed by atoms with Gasteiger partial charge in [-0.15, -0.1) is 11.3 Å². The predicted octanol–water partition coefficient (Wildman–Crippen LogP) is 3.35. The molecule has 2 aliphatic rings. The van der Waals surface area contributed by atoms with Crippen molar-refractivity contribution in [2.75, 3.05) is 43.9 Å². The number of amidine groups is 1. The normalized spacial score (nSPS) is 19.9. The second kappa shape index (κ2) is 11.3. The molecule has 3 heterocycles. The van der Waals surface area contributed by atoms with Gasteiger partial charge in [0.2, 0.25) is 11.9 Å². The maximum atomic E-state index is 13.6. The van der Waals surface area contributed by atoms with E-state index in [9.17, 15) is 9.59 Å². The topological polar surface area (TPSA) is 150 Å². The van der Waals surface area contributed by atoms with Crippen LogP contribution in [0.15, 0.2) is 17.3 Å².